The van der Waals surface area contributed by atoms with Crippen LogP contribution in [0.25, 0.3) is 10.8 Å². The highest BCUT2D eigenvalue weighted by Crippen LogP contribution is 2.35. The second-order valence-corrected chi connectivity index (χ2v) is 11.7. The second kappa shape index (κ2) is 11.7. The Morgan fingerprint density at radius 1 is 1.05 bits per heavy atom. The zero-order valence-electron chi connectivity index (χ0n) is 21.5. The summed E-state index contributed by atoms with van der Waals surface area (Å²) in [6.07, 6.45) is 4.95. The fourth-order valence-corrected chi connectivity index (χ4v) is 6.87. The molecule has 1 N–H and O–H groups in total. The fraction of sp³-hybridized carbons (Fsp3) is 0.143. The van der Waals surface area contributed by atoms with Crippen LogP contribution in [0.1, 0.15) is 11.1 Å². The van der Waals surface area contributed by atoms with E-state index in [0.717, 1.165) is 44.1 Å². The highest BCUT2D eigenvalue weighted by Gasteiger charge is 2.31. The van der Waals surface area contributed by atoms with Gasteiger partial charge in [0.15, 0.2) is 5.13 Å². The molecule has 0 amide bonds. The molecule has 8 nitrogen and oxygen atoms in total. The van der Waals surface area contributed by atoms with Crippen molar-refractivity contribution < 1.29 is 22.3 Å². The summed E-state index contributed by atoms with van der Waals surface area (Å²) in [6, 6.07) is 15.0. The first-order valence-corrected chi connectivity index (χ1v) is 14.7. The van der Waals surface area contributed by atoms with Gasteiger partial charge in [-0.25, -0.2) is 22.1 Å². The van der Waals surface area contributed by atoms with E-state index in [0.29, 0.717) is 23.6 Å². The number of nitrogens with zero attached hydrogens (tertiary/aromatic N) is 3. The molecule has 0 saturated heterocycles. The highest BCUT2D eigenvalue weighted by atomic mass is 35.5. The van der Waals surface area contributed by atoms with Crippen LogP contribution in [0, 0.1) is 5.82 Å². The molecule has 5 rings (SSSR count). The molecule has 3 aromatic carbocycles. The number of hydrogen-bond donors (Lipinski definition) is 1. The Labute approximate surface area is 240 Å². The Bertz CT molecular complexity index is 1760. The van der Waals surface area contributed by atoms with Crippen LogP contribution in [0.3, 0.4) is 0 Å². The Morgan fingerprint density at radius 2 is 1.90 bits per heavy atom. The molecule has 0 bridgehead atoms. The molecule has 0 aliphatic rings. The van der Waals surface area contributed by atoms with Gasteiger partial charge >= 0.3 is 0 Å². The van der Waals surface area contributed by atoms with Gasteiger partial charge in [0.05, 0.1) is 31.5 Å². The number of anilines is 2. The van der Waals surface area contributed by atoms with Crippen molar-refractivity contribution in [2.75, 3.05) is 23.8 Å². The lowest BCUT2D eigenvalue weighted by molar-refractivity contribution is 0.391. The van der Waals surface area contributed by atoms with Gasteiger partial charge in [-0.2, -0.15) is 0 Å². The van der Waals surface area contributed by atoms with Gasteiger partial charge in [-0.1, -0.05) is 29.8 Å². The normalized spacial score (nSPS) is 11.4. The van der Waals surface area contributed by atoms with Crippen molar-refractivity contribution in [2.24, 2.45) is 0 Å². The van der Waals surface area contributed by atoms with Gasteiger partial charge in [0.1, 0.15) is 22.2 Å². The third-order valence-electron chi connectivity index (χ3n) is 6.27. The van der Waals surface area contributed by atoms with Gasteiger partial charge in [0.25, 0.3) is 10.0 Å². The predicted molar refractivity (Wildman–Crippen MR) is 156 cm³/mol. The topological polar surface area (TPSA) is 93.7 Å². The van der Waals surface area contributed by atoms with Gasteiger partial charge in [-0.15, -0.1) is 11.3 Å². The summed E-state index contributed by atoms with van der Waals surface area (Å²) < 4.78 is 55.0. The standard InChI is InChI=1S/C28H24ClFN4O4S2/c1-37-21-7-6-20(26(12-21)38-2)17-34(28-32-10-11-39-28)40(35,36)27-13-23(29)25(14-24(27)30)33-15-19-5-3-4-18-8-9-31-16-22(18)19/h3-14,16,33H,15,17H2,1-2H3. The number of rotatable bonds is 10. The van der Waals surface area contributed by atoms with E-state index in [1.807, 2.05) is 24.3 Å². The van der Waals surface area contributed by atoms with Gasteiger partial charge < -0.3 is 14.8 Å². The summed E-state index contributed by atoms with van der Waals surface area (Å²) in [4.78, 5) is 7.79. The molecule has 0 radical (unpaired) electrons. The summed E-state index contributed by atoms with van der Waals surface area (Å²) in [6.45, 7) is 0.173. The van der Waals surface area contributed by atoms with Crippen LogP contribution in [0.4, 0.5) is 15.2 Å². The SMILES string of the molecule is COc1ccc(CN(c2nccs2)S(=O)(=O)c2cc(Cl)c(NCc3cccc4ccncc34)cc2F)c(OC)c1. The van der Waals surface area contributed by atoms with E-state index in [1.165, 1.54) is 20.4 Å². The minimum Gasteiger partial charge on any atom is -0.497 e. The van der Waals surface area contributed by atoms with Crippen molar-refractivity contribution in [3.63, 3.8) is 0 Å². The van der Waals surface area contributed by atoms with E-state index >= 15 is 4.39 Å². The van der Waals surface area contributed by atoms with Crippen molar-refractivity contribution in [3.05, 3.63) is 101 Å². The Balaban J connectivity index is 1.46. The van der Waals surface area contributed by atoms with E-state index in [-0.39, 0.29) is 22.4 Å². The van der Waals surface area contributed by atoms with Crippen LogP contribution < -0.4 is 19.1 Å². The molecule has 0 spiro atoms. The average Bonchev–Trinajstić information content (AvgIpc) is 3.50. The second-order valence-electron chi connectivity index (χ2n) is 8.63. The van der Waals surface area contributed by atoms with E-state index in [4.69, 9.17) is 21.1 Å². The van der Waals surface area contributed by atoms with E-state index in [2.05, 4.69) is 15.3 Å². The number of pyridine rings is 1. The van der Waals surface area contributed by atoms with Crippen molar-refractivity contribution in [1.82, 2.24) is 9.97 Å². The highest BCUT2D eigenvalue weighted by molar-refractivity contribution is 7.93. The third-order valence-corrected chi connectivity index (χ3v) is 9.25. The van der Waals surface area contributed by atoms with Gasteiger partial charge in [-0.05, 0) is 41.3 Å². The summed E-state index contributed by atoms with van der Waals surface area (Å²) in [5.41, 5.74) is 1.73. The molecule has 5 aromatic rings. The van der Waals surface area contributed by atoms with Gasteiger partial charge in [0.2, 0.25) is 0 Å². The number of hydrogen-bond acceptors (Lipinski definition) is 8. The maximum absolute atomic E-state index is 15.5. The molecule has 0 unspecified atom stereocenters. The lowest BCUT2D eigenvalue weighted by Crippen LogP contribution is -2.31. The minimum absolute atomic E-state index is 0.0550. The first-order valence-electron chi connectivity index (χ1n) is 12.0. The molecule has 2 aromatic heterocycles. The number of nitrogens with one attached hydrogen (secondary N) is 1. The minimum atomic E-state index is -4.43. The van der Waals surface area contributed by atoms with Gasteiger partial charge in [-0.3, -0.25) is 4.98 Å². The molecule has 0 aliphatic heterocycles. The molecule has 0 atom stereocenters. The molecule has 0 aliphatic carbocycles. The average molecular weight is 599 g/mol. The molecule has 2 heterocycles. The molecule has 12 heteroatoms. The summed E-state index contributed by atoms with van der Waals surface area (Å²) in [7, 11) is -1.44. The van der Waals surface area contributed by atoms with Crippen LogP contribution in [-0.4, -0.2) is 32.6 Å². The van der Waals surface area contributed by atoms with Crippen LogP contribution in [-0.2, 0) is 23.1 Å². The number of halogens is 2. The van der Waals surface area contributed by atoms with Crippen molar-refractivity contribution in [2.45, 2.75) is 18.0 Å². The number of benzene rings is 3. The fourth-order valence-electron chi connectivity index (χ4n) is 4.23. The van der Waals surface area contributed by atoms with Gasteiger partial charge in [0, 0.05) is 47.5 Å². The van der Waals surface area contributed by atoms with Crippen LogP contribution in [0.5, 0.6) is 11.5 Å². The maximum atomic E-state index is 15.5. The Hall–Kier alpha value is -3.93. The van der Waals surface area contributed by atoms with Crippen molar-refractivity contribution in [3.8, 4) is 11.5 Å². The number of sulfonamides is 1. The molecule has 0 fully saturated rings. The number of methoxy groups -OCH3 is 2. The summed E-state index contributed by atoms with van der Waals surface area (Å²) >= 11 is 7.60. The third kappa shape index (κ3) is 5.53. The maximum Gasteiger partial charge on any atom is 0.269 e. The monoisotopic (exact) mass is 598 g/mol. The molecular weight excluding hydrogens is 575 g/mol. The molecule has 0 saturated carbocycles. The molecule has 40 heavy (non-hydrogen) atoms. The first kappa shape index (κ1) is 27.6. The smallest absolute Gasteiger partial charge is 0.269 e. The zero-order chi connectivity index (χ0) is 28.3. The van der Waals surface area contributed by atoms with Crippen LogP contribution >= 0.6 is 22.9 Å². The molecule has 206 valence electrons. The molecular formula is C28H24ClFN4O4S2. The predicted octanol–water partition coefficient (Wildman–Crippen LogP) is 6.51. The lowest BCUT2D eigenvalue weighted by Gasteiger charge is -2.24. The zero-order valence-corrected chi connectivity index (χ0v) is 23.9. The van der Waals surface area contributed by atoms with Crippen molar-refractivity contribution >= 4 is 54.6 Å². The Morgan fingerprint density at radius 3 is 2.65 bits per heavy atom. The summed E-state index contributed by atoms with van der Waals surface area (Å²) in [5, 5.41) is 6.94. The van der Waals surface area contributed by atoms with E-state index in [9.17, 15) is 8.42 Å². The quantitative estimate of drug-likeness (QED) is 0.196. The summed E-state index contributed by atoms with van der Waals surface area (Å²) in [5.74, 6) is 0.0115. The number of thiazole rings is 1. The van der Waals surface area contributed by atoms with Crippen molar-refractivity contribution in [1.29, 1.82) is 0 Å². The number of fused-ring (bicyclic) bond motifs is 1. The van der Waals surface area contributed by atoms with Crippen LogP contribution in [0.15, 0.2) is 83.5 Å². The Kier molecular flexibility index (Phi) is 8.06. The first-order chi connectivity index (χ1) is 19.3. The number of aromatic nitrogens is 2. The van der Waals surface area contributed by atoms with E-state index < -0.39 is 20.7 Å². The lowest BCUT2D eigenvalue weighted by atomic mass is 10.1. The van der Waals surface area contributed by atoms with E-state index in [1.54, 1.807) is 36.0 Å². The number of ether oxygens (including phenoxy) is 2. The van der Waals surface area contributed by atoms with Crippen LogP contribution in [0.2, 0.25) is 5.02 Å². The largest absolute Gasteiger partial charge is 0.497 e.